The van der Waals surface area contributed by atoms with Gasteiger partial charge in [0.25, 0.3) is 11.9 Å². The van der Waals surface area contributed by atoms with Crippen molar-refractivity contribution in [3.05, 3.63) is 47.3 Å². The van der Waals surface area contributed by atoms with E-state index in [1.807, 2.05) is 0 Å². The van der Waals surface area contributed by atoms with E-state index in [-0.39, 0.29) is 6.54 Å². The summed E-state index contributed by atoms with van der Waals surface area (Å²) in [6.07, 6.45) is 0. The molecule has 0 saturated carbocycles. The van der Waals surface area contributed by atoms with E-state index >= 15 is 0 Å². The highest BCUT2D eigenvalue weighted by Crippen LogP contribution is 2.34. The molecule has 0 radical (unpaired) electrons. The van der Waals surface area contributed by atoms with Crippen molar-refractivity contribution in [1.82, 2.24) is 4.98 Å². The van der Waals surface area contributed by atoms with Gasteiger partial charge in [0.05, 0.1) is 14.2 Å². The lowest BCUT2D eigenvalue weighted by atomic mass is 9.84. The first-order valence-electron chi connectivity index (χ1n) is 7.37. The number of benzene rings is 1. The molecule has 0 saturated heterocycles. The lowest BCUT2D eigenvalue weighted by Gasteiger charge is -2.27. The number of pyridine rings is 1. The van der Waals surface area contributed by atoms with Crippen molar-refractivity contribution in [3.8, 4) is 11.5 Å². The molecule has 1 aromatic carbocycles. The van der Waals surface area contributed by atoms with Crippen LogP contribution in [0.25, 0.3) is 0 Å². The molecule has 0 unspecified atom stereocenters. The summed E-state index contributed by atoms with van der Waals surface area (Å²) < 4.78 is 64.1. The average Bonchev–Trinajstić information content (AvgIpc) is 2.59. The maximum Gasteiger partial charge on any atom is 0.253 e. The summed E-state index contributed by atoms with van der Waals surface area (Å²) >= 11 is 0. The molecule has 2 rings (SSSR count). The number of nitrogens with zero attached hydrogens (tertiary/aromatic N) is 1. The molecule has 8 heteroatoms. The predicted octanol–water partition coefficient (Wildman–Crippen LogP) is 4.04. The van der Waals surface area contributed by atoms with Gasteiger partial charge < -0.3 is 14.8 Å². The normalized spacial score (nSPS) is 11.4. The topological polar surface area (TPSA) is 43.4 Å². The number of rotatable bonds is 6. The van der Waals surface area contributed by atoms with E-state index in [2.05, 4.69) is 10.3 Å². The number of methoxy groups -OCH3 is 2. The fourth-order valence-electron chi connectivity index (χ4n) is 2.31. The molecular weight excluding hydrogens is 340 g/mol. The molecule has 0 aliphatic heterocycles. The molecular formula is C17H18F4N2O2. The van der Waals surface area contributed by atoms with Crippen molar-refractivity contribution in [2.24, 2.45) is 0 Å². The Kier molecular flexibility index (Phi) is 5.39. The number of hydrogen-bond acceptors (Lipinski definition) is 4. The first-order valence-corrected chi connectivity index (χ1v) is 7.37. The van der Waals surface area contributed by atoms with Gasteiger partial charge in [-0.05, 0) is 17.7 Å². The van der Waals surface area contributed by atoms with Gasteiger partial charge in [-0.3, -0.25) is 0 Å². The van der Waals surface area contributed by atoms with Crippen LogP contribution in [-0.2, 0) is 5.41 Å². The zero-order valence-electron chi connectivity index (χ0n) is 14.2. The van der Waals surface area contributed by atoms with E-state index in [1.54, 1.807) is 32.0 Å². The largest absolute Gasteiger partial charge is 0.493 e. The Labute approximate surface area is 142 Å². The highest BCUT2D eigenvalue weighted by Gasteiger charge is 2.26. The molecule has 25 heavy (non-hydrogen) atoms. The quantitative estimate of drug-likeness (QED) is 0.625. The Hall–Kier alpha value is -2.51. The Bertz CT molecular complexity index is 755. The molecule has 0 bridgehead atoms. The highest BCUT2D eigenvalue weighted by molar-refractivity contribution is 5.48. The van der Waals surface area contributed by atoms with E-state index in [4.69, 9.17) is 9.47 Å². The van der Waals surface area contributed by atoms with Crippen LogP contribution >= 0.6 is 0 Å². The van der Waals surface area contributed by atoms with Gasteiger partial charge in [-0.1, -0.05) is 19.9 Å². The van der Waals surface area contributed by atoms with Crippen molar-refractivity contribution < 1.29 is 27.0 Å². The molecule has 0 spiro atoms. The number of ether oxygens (including phenoxy) is 2. The van der Waals surface area contributed by atoms with Crippen molar-refractivity contribution in [1.29, 1.82) is 0 Å². The van der Waals surface area contributed by atoms with E-state index in [9.17, 15) is 17.6 Å². The highest BCUT2D eigenvalue weighted by atomic mass is 19.2. The van der Waals surface area contributed by atoms with E-state index in [0.717, 1.165) is 5.56 Å². The van der Waals surface area contributed by atoms with Crippen LogP contribution in [0.4, 0.5) is 23.2 Å². The number of aromatic nitrogens is 1. The predicted molar refractivity (Wildman–Crippen MR) is 85.1 cm³/mol. The van der Waals surface area contributed by atoms with E-state index in [1.165, 1.54) is 14.2 Å². The van der Waals surface area contributed by atoms with Crippen LogP contribution in [0.1, 0.15) is 19.4 Å². The second-order valence-corrected chi connectivity index (χ2v) is 6.00. The molecule has 0 amide bonds. The summed E-state index contributed by atoms with van der Waals surface area (Å²) in [7, 11) is 2.99. The molecule has 0 fully saturated rings. The Morgan fingerprint density at radius 1 is 0.960 bits per heavy atom. The van der Waals surface area contributed by atoms with Gasteiger partial charge in [0, 0.05) is 12.0 Å². The Balaban J connectivity index is 2.28. The minimum atomic E-state index is -1.70. The number of hydrogen-bond donors (Lipinski definition) is 1. The van der Waals surface area contributed by atoms with Crippen LogP contribution in [0, 0.1) is 23.5 Å². The number of anilines is 1. The molecule has 0 aliphatic carbocycles. The number of halogens is 4. The summed E-state index contributed by atoms with van der Waals surface area (Å²) in [6.45, 7) is 3.59. The van der Waals surface area contributed by atoms with E-state index < -0.39 is 34.6 Å². The summed E-state index contributed by atoms with van der Waals surface area (Å²) in [6, 6.07) is 5.19. The Morgan fingerprint density at radius 3 is 2.04 bits per heavy atom. The average molecular weight is 358 g/mol. The van der Waals surface area contributed by atoms with Crippen LogP contribution in [0.2, 0.25) is 0 Å². The lowest BCUT2D eigenvalue weighted by Crippen LogP contribution is -2.28. The first kappa shape index (κ1) is 18.8. The second kappa shape index (κ2) is 7.16. The third-order valence-corrected chi connectivity index (χ3v) is 3.87. The van der Waals surface area contributed by atoms with Crippen LogP contribution in [0.5, 0.6) is 11.5 Å². The summed E-state index contributed by atoms with van der Waals surface area (Å²) in [5, 5.41) is 2.43. The second-order valence-electron chi connectivity index (χ2n) is 6.00. The minimum absolute atomic E-state index is 0.000777. The molecule has 136 valence electrons. The first-order chi connectivity index (χ1) is 11.7. The maximum absolute atomic E-state index is 13.7. The van der Waals surface area contributed by atoms with Crippen molar-refractivity contribution in [3.63, 3.8) is 0 Å². The number of nitrogens with one attached hydrogen (secondary N) is 1. The summed E-state index contributed by atoms with van der Waals surface area (Å²) in [5.41, 5.74) is -0.763. The molecule has 4 nitrogen and oxygen atoms in total. The van der Waals surface area contributed by atoms with Gasteiger partial charge in [-0.15, -0.1) is 0 Å². The van der Waals surface area contributed by atoms with Gasteiger partial charge in [0.15, 0.2) is 11.5 Å². The zero-order chi connectivity index (χ0) is 18.8. The van der Waals surface area contributed by atoms with Gasteiger partial charge in [-0.2, -0.15) is 22.5 Å². The molecule has 0 aliphatic rings. The third-order valence-electron chi connectivity index (χ3n) is 3.87. The van der Waals surface area contributed by atoms with E-state index in [0.29, 0.717) is 11.5 Å². The molecule has 0 atom stereocenters. The van der Waals surface area contributed by atoms with Crippen LogP contribution in [0.3, 0.4) is 0 Å². The van der Waals surface area contributed by atoms with Gasteiger partial charge in [0.2, 0.25) is 11.6 Å². The molecule has 2 aromatic rings. The smallest absolute Gasteiger partial charge is 0.253 e. The SMILES string of the molecule is COc1ccc(C(C)(C)CNc2c(F)c(F)nc(F)c2F)cc1OC. The fraction of sp³-hybridized carbons (Fsp3) is 0.353. The standard InChI is InChI=1S/C17H18F4N2O2/c1-17(2,9-5-6-10(24-3)11(7-9)25-4)8-22-14-12(18)15(20)23-16(21)13(14)19/h5-7H,8H2,1-4H3,(H,22,23). The summed E-state index contributed by atoms with van der Waals surface area (Å²) in [4.78, 5) is 2.52. The monoisotopic (exact) mass is 358 g/mol. The minimum Gasteiger partial charge on any atom is -0.493 e. The van der Waals surface area contributed by atoms with Crippen LogP contribution in [0.15, 0.2) is 18.2 Å². The molecule has 1 N–H and O–H groups in total. The van der Waals surface area contributed by atoms with Gasteiger partial charge in [0.1, 0.15) is 5.69 Å². The van der Waals surface area contributed by atoms with Crippen LogP contribution in [-0.4, -0.2) is 25.7 Å². The van der Waals surface area contributed by atoms with Crippen molar-refractivity contribution in [2.45, 2.75) is 19.3 Å². The van der Waals surface area contributed by atoms with Crippen molar-refractivity contribution >= 4 is 5.69 Å². The molecule has 1 aromatic heterocycles. The third kappa shape index (κ3) is 3.78. The van der Waals surface area contributed by atoms with Crippen molar-refractivity contribution in [2.75, 3.05) is 26.1 Å². The van der Waals surface area contributed by atoms with Crippen LogP contribution < -0.4 is 14.8 Å². The maximum atomic E-state index is 13.7. The van der Waals surface area contributed by atoms with Gasteiger partial charge >= 0.3 is 0 Å². The lowest BCUT2D eigenvalue weighted by molar-refractivity contribution is 0.353. The molecule has 1 heterocycles. The summed E-state index contributed by atoms with van der Waals surface area (Å²) in [5.74, 6) is -5.52. The zero-order valence-corrected chi connectivity index (χ0v) is 14.2. The van der Waals surface area contributed by atoms with Gasteiger partial charge in [-0.25, -0.2) is 0 Å². The Morgan fingerprint density at radius 2 is 1.52 bits per heavy atom. The fourth-order valence-corrected chi connectivity index (χ4v) is 2.31.